The molecule has 0 aliphatic rings. The average Bonchev–Trinajstić information content (AvgIpc) is 2.87. The van der Waals surface area contributed by atoms with Gasteiger partial charge in [0, 0.05) is 29.1 Å². The largest absolute Gasteiger partial charge is 0.356 e. The number of halogens is 2. The third-order valence-corrected chi connectivity index (χ3v) is 3.72. The predicted octanol–water partition coefficient (Wildman–Crippen LogP) is 4.25. The number of para-hydroxylation sites is 1. The molecule has 0 radical (unpaired) electrons. The number of aromatic nitrogens is 1. The van der Waals surface area contributed by atoms with Crippen molar-refractivity contribution >= 4 is 22.6 Å². The number of fused-ring (bicyclic) bond motifs is 1. The molecule has 0 amide bonds. The maximum atomic E-state index is 13.8. The van der Waals surface area contributed by atoms with Crippen molar-refractivity contribution < 1.29 is 8.91 Å². The Kier molecular flexibility index (Phi) is 3.90. The molecule has 1 aromatic heterocycles. The topological polar surface area (TPSA) is 29.3 Å². The van der Waals surface area contributed by atoms with Crippen LogP contribution in [0.15, 0.2) is 47.0 Å². The molecule has 5 heteroatoms. The minimum atomic E-state index is -0.292. The van der Waals surface area contributed by atoms with Crippen molar-refractivity contribution in [2.75, 3.05) is 7.05 Å². The number of hydrogen-bond donors (Lipinski definition) is 0. The van der Waals surface area contributed by atoms with Crippen LogP contribution in [0.5, 0.6) is 0 Å². The van der Waals surface area contributed by atoms with Crippen molar-refractivity contribution in [3.63, 3.8) is 0 Å². The molecule has 0 fully saturated rings. The summed E-state index contributed by atoms with van der Waals surface area (Å²) in [5.41, 5.74) is 2.08. The maximum Gasteiger partial charge on any atom is 0.167 e. The predicted molar refractivity (Wildman–Crippen MR) is 80.6 cm³/mol. The van der Waals surface area contributed by atoms with Crippen LogP contribution in [0, 0.1) is 5.82 Å². The van der Waals surface area contributed by atoms with E-state index in [1.807, 2.05) is 36.2 Å². The minimum Gasteiger partial charge on any atom is -0.356 e. The van der Waals surface area contributed by atoms with Gasteiger partial charge in [0.25, 0.3) is 0 Å². The monoisotopic (exact) mass is 304 g/mol. The first-order valence-corrected chi connectivity index (χ1v) is 6.97. The zero-order valence-corrected chi connectivity index (χ0v) is 12.3. The molecule has 0 aliphatic carbocycles. The Morgan fingerprint density at radius 1 is 1.14 bits per heavy atom. The highest BCUT2D eigenvalue weighted by molar-refractivity contribution is 6.31. The fourth-order valence-electron chi connectivity index (χ4n) is 2.32. The molecule has 0 saturated heterocycles. The minimum absolute atomic E-state index is 0.292. The molecule has 21 heavy (non-hydrogen) atoms. The van der Waals surface area contributed by atoms with Crippen LogP contribution in [0.3, 0.4) is 0 Å². The van der Waals surface area contributed by atoms with Gasteiger partial charge in [-0.1, -0.05) is 35.0 Å². The molecule has 0 bridgehead atoms. The smallest absolute Gasteiger partial charge is 0.167 e. The first-order valence-electron chi connectivity index (χ1n) is 6.60. The Labute approximate surface area is 126 Å². The molecule has 3 rings (SSSR count). The van der Waals surface area contributed by atoms with Gasteiger partial charge in [-0.3, -0.25) is 4.90 Å². The zero-order valence-electron chi connectivity index (χ0n) is 11.5. The molecule has 1 heterocycles. The van der Waals surface area contributed by atoms with E-state index in [2.05, 4.69) is 5.16 Å². The summed E-state index contributed by atoms with van der Waals surface area (Å²) in [5, 5.41) is 5.49. The van der Waals surface area contributed by atoms with Crippen LogP contribution in [0.25, 0.3) is 11.0 Å². The third kappa shape index (κ3) is 2.91. The summed E-state index contributed by atoms with van der Waals surface area (Å²) < 4.78 is 19.1. The Morgan fingerprint density at radius 3 is 2.76 bits per heavy atom. The summed E-state index contributed by atoms with van der Waals surface area (Å²) in [5.74, 6) is -0.292. The van der Waals surface area contributed by atoms with Gasteiger partial charge in [0.1, 0.15) is 11.5 Å². The molecule has 108 valence electrons. The van der Waals surface area contributed by atoms with Gasteiger partial charge in [-0.2, -0.15) is 0 Å². The molecule has 3 nitrogen and oxygen atoms in total. The lowest BCUT2D eigenvalue weighted by Crippen LogP contribution is -2.18. The molecule has 0 atom stereocenters. The van der Waals surface area contributed by atoms with Crippen molar-refractivity contribution in [3.05, 3.63) is 64.6 Å². The second-order valence-corrected chi connectivity index (χ2v) is 5.41. The van der Waals surface area contributed by atoms with Crippen LogP contribution in [-0.2, 0) is 13.1 Å². The first-order chi connectivity index (χ1) is 10.1. The van der Waals surface area contributed by atoms with E-state index < -0.39 is 0 Å². The van der Waals surface area contributed by atoms with Crippen molar-refractivity contribution in [2.24, 2.45) is 0 Å². The fourth-order valence-corrected chi connectivity index (χ4v) is 2.54. The Balaban J connectivity index is 1.79. The van der Waals surface area contributed by atoms with Crippen LogP contribution < -0.4 is 0 Å². The summed E-state index contributed by atoms with van der Waals surface area (Å²) in [7, 11) is 1.90. The highest BCUT2D eigenvalue weighted by Crippen LogP contribution is 2.23. The van der Waals surface area contributed by atoms with Gasteiger partial charge >= 0.3 is 0 Å². The van der Waals surface area contributed by atoms with Gasteiger partial charge in [0.2, 0.25) is 0 Å². The van der Waals surface area contributed by atoms with Gasteiger partial charge in [-0.15, -0.1) is 0 Å². The number of hydrogen-bond acceptors (Lipinski definition) is 3. The molecule has 2 aromatic carbocycles. The lowest BCUT2D eigenvalue weighted by molar-refractivity contribution is 0.302. The average molecular weight is 305 g/mol. The van der Waals surface area contributed by atoms with E-state index in [0.29, 0.717) is 23.7 Å². The quantitative estimate of drug-likeness (QED) is 0.721. The van der Waals surface area contributed by atoms with Crippen LogP contribution >= 0.6 is 11.6 Å². The van der Waals surface area contributed by atoms with Gasteiger partial charge < -0.3 is 4.52 Å². The Hall–Kier alpha value is -1.91. The molecule has 0 saturated carbocycles. The summed E-state index contributed by atoms with van der Waals surface area (Å²) in [6.07, 6.45) is 0. The van der Waals surface area contributed by atoms with E-state index in [1.54, 1.807) is 12.1 Å². The second kappa shape index (κ2) is 5.84. The molecule has 0 unspecified atom stereocenters. The summed E-state index contributed by atoms with van der Waals surface area (Å²) in [6, 6.07) is 12.4. The normalized spacial score (nSPS) is 11.4. The van der Waals surface area contributed by atoms with E-state index in [9.17, 15) is 4.39 Å². The van der Waals surface area contributed by atoms with E-state index in [1.165, 1.54) is 6.07 Å². The standard InChI is InChI=1S/C16H14ClFN2O/c1-20(9-12-13(17)6-4-7-14(12)18)10-15-11-5-2-3-8-16(11)21-19-15/h2-8H,9-10H2,1H3. The van der Waals surface area contributed by atoms with Crippen LogP contribution in [0.2, 0.25) is 5.02 Å². The lowest BCUT2D eigenvalue weighted by atomic mass is 10.2. The second-order valence-electron chi connectivity index (χ2n) is 5.00. The molecular formula is C16H14ClFN2O. The van der Waals surface area contributed by atoms with E-state index in [-0.39, 0.29) is 5.82 Å². The lowest BCUT2D eigenvalue weighted by Gasteiger charge is -2.16. The Morgan fingerprint density at radius 2 is 1.95 bits per heavy atom. The van der Waals surface area contributed by atoms with Crippen molar-refractivity contribution in [1.82, 2.24) is 10.1 Å². The van der Waals surface area contributed by atoms with Gasteiger partial charge in [0.05, 0.1) is 0 Å². The Bertz CT molecular complexity index is 752. The number of benzene rings is 2. The maximum absolute atomic E-state index is 13.8. The van der Waals surface area contributed by atoms with Crippen LogP contribution in [0.1, 0.15) is 11.3 Å². The number of nitrogens with zero attached hydrogens (tertiary/aromatic N) is 2. The SMILES string of the molecule is CN(Cc1c(F)cccc1Cl)Cc1noc2ccccc12. The fraction of sp³-hybridized carbons (Fsp3) is 0.188. The first kappa shape index (κ1) is 14.0. The van der Waals surface area contributed by atoms with Crippen molar-refractivity contribution in [1.29, 1.82) is 0 Å². The molecule has 0 spiro atoms. The summed E-state index contributed by atoms with van der Waals surface area (Å²) >= 11 is 6.05. The molecule has 0 N–H and O–H groups in total. The molecule has 0 aliphatic heterocycles. The van der Waals surface area contributed by atoms with E-state index >= 15 is 0 Å². The van der Waals surface area contributed by atoms with Crippen molar-refractivity contribution in [2.45, 2.75) is 13.1 Å². The summed E-state index contributed by atoms with van der Waals surface area (Å²) in [4.78, 5) is 1.95. The van der Waals surface area contributed by atoms with E-state index in [4.69, 9.17) is 16.1 Å². The zero-order chi connectivity index (χ0) is 14.8. The molecular weight excluding hydrogens is 291 g/mol. The van der Waals surface area contributed by atoms with Gasteiger partial charge in [-0.05, 0) is 31.3 Å². The van der Waals surface area contributed by atoms with Crippen LogP contribution in [-0.4, -0.2) is 17.1 Å². The van der Waals surface area contributed by atoms with Gasteiger partial charge in [-0.25, -0.2) is 4.39 Å². The van der Waals surface area contributed by atoms with Gasteiger partial charge in [0.15, 0.2) is 5.58 Å². The highest BCUT2D eigenvalue weighted by Gasteiger charge is 2.13. The highest BCUT2D eigenvalue weighted by atomic mass is 35.5. The molecule has 3 aromatic rings. The van der Waals surface area contributed by atoms with E-state index in [0.717, 1.165) is 16.7 Å². The van der Waals surface area contributed by atoms with Crippen LogP contribution in [0.4, 0.5) is 4.39 Å². The third-order valence-electron chi connectivity index (χ3n) is 3.36. The summed E-state index contributed by atoms with van der Waals surface area (Å²) in [6.45, 7) is 0.967. The van der Waals surface area contributed by atoms with Crippen molar-refractivity contribution in [3.8, 4) is 0 Å². The number of rotatable bonds is 4.